The van der Waals surface area contributed by atoms with E-state index in [4.69, 9.17) is 39.9 Å². The fourth-order valence-electron chi connectivity index (χ4n) is 1.65. The maximum atomic E-state index is 11.9. The van der Waals surface area contributed by atoms with Gasteiger partial charge in [0.15, 0.2) is 0 Å². The average molecular weight is 340 g/mol. The molecule has 0 aliphatic rings. The Hall–Kier alpha value is -0.520. The number of halogens is 3. The minimum absolute atomic E-state index is 0.108. The Balaban J connectivity index is 2.64. The molecule has 0 unspecified atom stereocenters. The zero-order valence-electron chi connectivity index (χ0n) is 11.1. The first kappa shape index (κ1) is 17.5. The Morgan fingerprint density at radius 1 is 1.25 bits per heavy atom. The van der Waals surface area contributed by atoms with Gasteiger partial charge in [0.1, 0.15) is 0 Å². The molecule has 0 aromatic heterocycles. The third-order valence-electron chi connectivity index (χ3n) is 2.73. The predicted molar refractivity (Wildman–Crippen MR) is 83.9 cm³/mol. The molecule has 1 amide bonds. The summed E-state index contributed by atoms with van der Waals surface area (Å²) in [6, 6.07) is 3.01. The lowest BCUT2D eigenvalue weighted by molar-refractivity contribution is -0.117. The molecule has 0 heterocycles. The summed E-state index contributed by atoms with van der Waals surface area (Å²) in [5.74, 6) is -0.190. The number of carbonyl (C=O) groups is 1. The zero-order chi connectivity index (χ0) is 15.1. The predicted octanol–water partition coefficient (Wildman–Crippen LogP) is 3.29. The third kappa shape index (κ3) is 5.46. The van der Waals surface area contributed by atoms with Gasteiger partial charge in [0.05, 0.1) is 27.3 Å². The molecule has 0 atom stereocenters. The summed E-state index contributed by atoms with van der Waals surface area (Å²) in [6.45, 7) is 3.68. The molecular formula is C13H17Cl3N2O2. The van der Waals surface area contributed by atoms with Crippen LogP contribution in [0.3, 0.4) is 0 Å². The van der Waals surface area contributed by atoms with Crippen LogP contribution in [0.5, 0.6) is 0 Å². The van der Waals surface area contributed by atoms with E-state index in [2.05, 4.69) is 5.32 Å². The van der Waals surface area contributed by atoms with Gasteiger partial charge in [0, 0.05) is 13.2 Å². The van der Waals surface area contributed by atoms with Gasteiger partial charge in [-0.2, -0.15) is 0 Å². The molecule has 7 heteroatoms. The summed E-state index contributed by atoms with van der Waals surface area (Å²) in [4.78, 5) is 13.9. The number of benzene rings is 1. The molecule has 1 rings (SSSR count). The summed E-state index contributed by atoms with van der Waals surface area (Å²) >= 11 is 17.7. The Morgan fingerprint density at radius 2 is 1.90 bits per heavy atom. The minimum atomic E-state index is -0.190. The maximum absolute atomic E-state index is 11.9. The molecule has 0 radical (unpaired) electrons. The summed E-state index contributed by atoms with van der Waals surface area (Å²) in [7, 11) is 0. The van der Waals surface area contributed by atoms with E-state index in [0.29, 0.717) is 33.7 Å². The van der Waals surface area contributed by atoms with Crippen LogP contribution in [-0.4, -0.2) is 42.2 Å². The van der Waals surface area contributed by atoms with E-state index in [-0.39, 0.29) is 19.1 Å². The van der Waals surface area contributed by atoms with Crippen LogP contribution in [0, 0.1) is 0 Å². The van der Waals surface area contributed by atoms with Crippen LogP contribution >= 0.6 is 34.8 Å². The standard InChI is InChI=1S/C13H17Cl3N2O2/c1-2-18(4-3-5-19)8-13(20)17-12-7-10(15)9(14)6-11(12)16/h6-7,19H,2-5,8H2,1H3,(H,17,20). The van der Waals surface area contributed by atoms with Gasteiger partial charge in [-0.3, -0.25) is 9.69 Å². The number of aliphatic hydroxyl groups excluding tert-OH is 1. The van der Waals surface area contributed by atoms with Crippen molar-refractivity contribution in [3.63, 3.8) is 0 Å². The lowest BCUT2D eigenvalue weighted by Gasteiger charge is -2.19. The Morgan fingerprint density at radius 3 is 2.50 bits per heavy atom. The third-order valence-corrected chi connectivity index (χ3v) is 3.77. The van der Waals surface area contributed by atoms with Crippen LogP contribution in [0.4, 0.5) is 5.69 Å². The molecule has 1 aromatic carbocycles. The molecule has 0 fully saturated rings. The van der Waals surface area contributed by atoms with Gasteiger partial charge in [-0.05, 0) is 25.1 Å². The van der Waals surface area contributed by atoms with E-state index in [0.717, 1.165) is 6.54 Å². The lowest BCUT2D eigenvalue weighted by Crippen LogP contribution is -2.34. The van der Waals surface area contributed by atoms with E-state index in [1.165, 1.54) is 12.1 Å². The van der Waals surface area contributed by atoms with Crippen LogP contribution in [0.15, 0.2) is 12.1 Å². The highest BCUT2D eigenvalue weighted by atomic mass is 35.5. The van der Waals surface area contributed by atoms with Crippen molar-refractivity contribution in [2.75, 3.05) is 31.6 Å². The van der Waals surface area contributed by atoms with Gasteiger partial charge >= 0.3 is 0 Å². The van der Waals surface area contributed by atoms with Gasteiger partial charge < -0.3 is 10.4 Å². The van der Waals surface area contributed by atoms with Crippen molar-refractivity contribution in [2.24, 2.45) is 0 Å². The quantitative estimate of drug-likeness (QED) is 0.750. The topological polar surface area (TPSA) is 52.6 Å². The molecule has 0 bridgehead atoms. The van der Waals surface area contributed by atoms with Gasteiger partial charge in [-0.15, -0.1) is 0 Å². The average Bonchev–Trinajstić information content (AvgIpc) is 2.40. The van der Waals surface area contributed by atoms with Crippen LogP contribution in [0.2, 0.25) is 15.1 Å². The smallest absolute Gasteiger partial charge is 0.238 e. The molecule has 112 valence electrons. The first-order chi connectivity index (χ1) is 9.47. The number of aliphatic hydroxyl groups is 1. The number of rotatable bonds is 7. The van der Waals surface area contributed by atoms with Crippen molar-refractivity contribution in [3.8, 4) is 0 Å². The summed E-state index contributed by atoms with van der Waals surface area (Å²) in [5.41, 5.74) is 0.435. The number of nitrogens with zero attached hydrogens (tertiary/aromatic N) is 1. The van der Waals surface area contributed by atoms with E-state index in [9.17, 15) is 4.79 Å². The molecule has 2 N–H and O–H groups in total. The Labute approximate surface area is 133 Å². The largest absolute Gasteiger partial charge is 0.396 e. The number of hydrogen-bond donors (Lipinski definition) is 2. The van der Waals surface area contributed by atoms with Gasteiger partial charge in [-0.25, -0.2) is 0 Å². The van der Waals surface area contributed by atoms with E-state index >= 15 is 0 Å². The van der Waals surface area contributed by atoms with Crippen molar-refractivity contribution in [3.05, 3.63) is 27.2 Å². The monoisotopic (exact) mass is 338 g/mol. The molecule has 0 aliphatic heterocycles. The second-order valence-corrected chi connectivity index (χ2v) is 5.46. The van der Waals surface area contributed by atoms with Gasteiger partial charge in [0.25, 0.3) is 0 Å². The number of amides is 1. The summed E-state index contributed by atoms with van der Waals surface area (Å²) in [5, 5.41) is 12.5. The molecule has 4 nitrogen and oxygen atoms in total. The molecule has 0 spiro atoms. The van der Waals surface area contributed by atoms with Crippen molar-refractivity contribution < 1.29 is 9.90 Å². The van der Waals surface area contributed by atoms with Gasteiger partial charge in [0.2, 0.25) is 5.91 Å². The van der Waals surface area contributed by atoms with Crippen LogP contribution in [0.25, 0.3) is 0 Å². The molecule has 0 saturated carbocycles. The van der Waals surface area contributed by atoms with Crippen LogP contribution < -0.4 is 5.32 Å². The van der Waals surface area contributed by atoms with Crippen molar-refractivity contribution in [1.29, 1.82) is 0 Å². The van der Waals surface area contributed by atoms with Crippen LogP contribution in [0.1, 0.15) is 13.3 Å². The van der Waals surface area contributed by atoms with Crippen LogP contribution in [-0.2, 0) is 4.79 Å². The maximum Gasteiger partial charge on any atom is 0.238 e. The SMILES string of the molecule is CCN(CCCO)CC(=O)Nc1cc(Cl)c(Cl)cc1Cl. The molecule has 1 aromatic rings. The van der Waals surface area contributed by atoms with E-state index < -0.39 is 0 Å². The highest BCUT2D eigenvalue weighted by Gasteiger charge is 2.12. The van der Waals surface area contributed by atoms with E-state index in [1.54, 1.807) is 0 Å². The summed E-state index contributed by atoms with van der Waals surface area (Å²) < 4.78 is 0. The summed E-state index contributed by atoms with van der Waals surface area (Å²) in [6.07, 6.45) is 0.634. The van der Waals surface area contributed by atoms with E-state index in [1.807, 2.05) is 11.8 Å². The second kappa shape index (κ2) is 8.70. The fourth-order valence-corrected chi connectivity index (χ4v) is 2.25. The Kier molecular flexibility index (Phi) is 7.62. The normalized spacial score (nSPS) is 10.9. The fraction of sp³-hybridized carbons (Fsp3) is 0.462. The highest BCUT2D eigenvalue weighted by molar-refractivity contribution is 6.44. The number of carbonyl (C=O) groups excluding carboxylic acids is 1. The first-order valence-electron chi connectivity index (χ1n) is 6.25. The number of likely N-dealkylation sites (N-methyl/N-ethyl adjacent to an activating group) is 1. The Bertz CT molecular complexity index is 469. The van der Waals surface area contributed by atoms with Gasteiger partial charge in [-0.1, -0.05) is 41.7 Å². The zero-order valence-corrected chi connectivity index (χ0v) is 13.4. The molecule has 20 heavy (non-hydrogen) atoms. The van der Waals surface area contributed by atoms with Crippen molar-refractivity contribution in [1.82, 2.24) is 4.90 Å². The minimum Gasteiger partial charge on any atom is -0.396 e. The second-order valence-electron chi connectivity index (χ2n) is 4.24. The number of hydrogen-bond acceptors (Lipinski definition) is 3. The highest BCUT2D eigenvalue weighted by Crippen LogP contribution is 2.32. The first-order valence-corrected chi connectivity index (χ1v) is 7.39. The number of nitrogens with one attached hydrogen (secondary N) is 1. The molecular weight excluding hydrogens is 323 g/mol. The molecule has 0 aliphatic carbocycles. The molecule has 0 saturated heterocycles. The number of anilines is 1. The van der Waals surface area contributed by atoms with Crippen molar-refractivity contribution in [2.45, 2.75) is 13.3 Å². The lowest BCUT2D eigenvalue weighted by atomic mass is 10.3. The van der Waals surface area contributed by atoms with Crippen molar-refractivity contribution >= 4 is 46.4 Å².